The van der Waals surface area contributed by atoms with Gasteiger partial charge >= 0.3 is 6.03 Å². The van der Waals surface area contributed by atoms with Crippen molar-refractivity contribution >= 4 is 39.8 Å². The van der Waals surface area contributed by atoms with Gasteiger partial charge in [-0.05, 0) is 24.6 Å². The molecular weight excluding hydrogens is 308 g/mol. The standard InChI is InChI=1S/C14H13ClN4OS/c1-9-4-5-10(7-12(9)15)18-13(20)19-14-17-8-11(21-14)3-2-6-16/h4-5,7-8H,6,16H2,1H3,(H2,17,18,19,20). The molecule has 7 heteroatoms. The molecule has 0 radical (unpaired) electrons. The highest BCUT2D eigenvalue weighted by molar-refractivity contribution is 7.16. The minimum absolute atomic E-state index is 0.287. The van der Waals surface area contributed by atoms with Crippen LogP contribution in [0.15, 0.2) is 24.4 Å². The van der Waals surface area contributed by atoms with Crippen LogP contribution < -0.4 is 16.4 Å². The number of hydrogen-bond donors (Lipinski definition) is 3. The van der Waals surface area contributed by atoms with Crippen molar-refractivity contribution in [2.45, 2.75) is 6.92 Å². The smallest absolute Gasteiger partial charge is 0.320 e. The number of thiazole rings is 1. The number of urea groups is 1. The number of hydrogen-bond acceptors (Lipinski definition) is 4. The van der Waals surface area contributed by atoms with E-state index in [1.807, 2.05) is 13.0 Å². The van der Waals surface area contributed by atoms with Crippen LogP contribution in [0.5, 0.6) is 0 Å². The van der Waals surface area contributed by atoms with Gasteiger partial charge in [0.05, 0.1) is 17.6 Å². The zero-order chi connectivity index (χ0) is 15.2. The molecular formula is C14H13ClN4OS. The molecule has 108 valence electrons. The van der Waals surface area contributed by atoms with E-state index in [0.29, 0.717) is 15.8 Å². The van der Waals surface area contributed by atoms with Crippen molar-refractivity contribution in [3.05, 3.63) is 39.9 Å². The maximum atomic E-state index is 11.8. The van der Waals surface area contributed by atoms with E-state index >= 15 is 0 Å². The van der Waals surface area contributed by atoms with Crippen LogP contribution in [0, 0.1) is 18.8 Å². The first-order chi connectivity index (χ1) is 10.1. The van der Waals surface area contributed by atoms with Gasteiger partial charge in [0.1, 0.15) is 0 Å². The SMILES string of the molecule is Cc1ccc(NC(=O)Nc2ncc(C#CCN)s2)cc1Cl. The number of amides is 2. The van der Waals surface area contributed by atoms with Crippen molar-refractivity contribution in [3.8, 4) is 11.8 Å². The average molecular weight is 321 g/mol. The number of rotatable bonds is 2. The monoisotopic (exact) mass is 320 g/mol. The van der Waals surface area contributed by atoms with Crippen molar-refractivity contribution < 1.29 is 4.79 Å². The molecule has 2 rings (SSSR count). The van der Waals surface area contributed by atoms with Crippen molar-refractivity contribution in [2.75, 3.05) is 17.2 Å². The highest BCUT2D eigenvalue weighted by atomic mass is 35.5. The zero-order valence-electron chi connectivity index (χ0n) is 11.2. The van der Waals surface area contributed by atoms with Crippen LogP contribution in [0.25, 0.3) is 0 Å². The molecule has 1 aromatic heterocycles. The summed E-state index contributed by atoms with van der Waals surface area (Å²) in [7, 11) is 0. The topological polar surface area (TPSA) is 80.0 Å². The van der Waals surface area contributed by atoms with Crippen molar-refractivity contribution in [3.63, 3.8) is 0 Å². The fraction of sp³-hybridized carbons (Fsp3) is 0.143. The molecule has 0 spiro atoms. The second kappa shape index (κ2) is 7.09. The van der Waals surface area contributed by atoms with Gasteiger partial charge in [-0.1, -0.05) is 40.8 Å². The first-order valence-electron chi connectivity index (χ1n) is 6.07. The van der Waals surface area contributed by atoms with Gasteiger partial charge in [-0.3, -0.25) is 5.32 Å². The van der Waals surface area contributed by atoms with Gasteiger partial charge in [0, 0.05) is 10.7 Å². The molecule has 0 aliphatic heterocycles. The maximum Gasteiger partial charge on any atom is 0.325 e. The van der Waals surface area contributed by atoms with E-state index in [4.69, 9.17) is 17.3 Å². The number of anilines is 2. The summed E-state index contributed by atoms with van der Waals surface area (Å²) >= 11 is 7.28. The van der Waals surface area contributed by atoms with Crippen molar-refractivity contribution in [1.29, 1.82) is 0 Å². The summed E-state index contributed by atoms with van der Waals surface area (Å²) < 4.78 is 0. The van der Waals surface area contributed by atoms with Gasteiger partial charge in [0.25, 0.3) is 0 Å². The molecule has 0 bridgehead atoms. The molecule has 0 aliphatic carbocycles. The number of carbonyl (C=O) groups excluding carboxylic acids is 1. The lowest BCUT2D eigenvalue weighted by molar-refractivity contribution is 0.262. The van der Waals surface area contributed by atoms with E-state index < -0.39 is 0 Å². The summed E-state index contributed by atoms with van der Waals surface area (Å²) in [6, 6.07) is 4.92. The summed E-state index contributed by atoms with van der Waals surface area (Å²) in [4.78, 5) is 16.7. The molecule has 0 unspecified atom stereocenters. The maximum absolute atomic E-state index is 11.8. The molecule has 0 saturated carbocycles. The minimum atomic E-state index is -0.386. The minimum Gasteiger partial charge on any atom is -0.320 e. The quantitative estimate of drug-likeness (QED) is 0.744. The molecule has 2 amide bonds. The van der Waals surface area contributed by atoms with E-state index in [0.717, 1.165) is 10.4 Å². The van der Waals surface area contributed by atoms with E-state index in [1.165, 1.54) is 11.3 Å². The summed E-state index contributed by atoms with van der Waals surface area (Å²) in [6.07, 6.45) is 1.59. The van der Waals surface area contributed by atoms with E-state index in [9.17, 15) is 4.79 Å². The molecule has 21 heavy (non-hydrogen) atoms. The Morgan fingerprint density at radius 3 is 3.00 bits per heavy atom. The first kappa shape index (κ1) is 15.3. The van der Waals surface area contributed by atoms with Crippen LogP contribution in [0.2, 0.25) is 5.02 Å². The van der Waals surface area contributed by atoms with Gasteiger partial charge < -0.3 is 11.1 Å². The Hall–Kier alpha value is -2.07. The van der Waals surface area contributed by atoms with Crippen LogP contribution in [0.3, 0.4) is 0 Å². The number of carbonyl (C=O) groups is 1. The molecule has 0 atom stereocenters. The molecule has 0 saturated heterocycles. The zero-order valence-corrected chi connectivity index (χ0v) is 12.8. The number of nitrogens with zero attached hydrogens (tertiary/aromatic N) is 1. The van der Waals surface area contributed by atoms with Crippen LogP contribution >= 0.6 is 22.9 Å². The average Bonchev–Trinajstić information content (AvgIpc) is 2.88. The summed E-state index contributed by atoms with van der Waals surface area (Å²) in [5.41, 5.74) is 6.86. The molecule has 2 aromatic rings. The van der Waals surface area contributed by atoms with Gasteiger partial charge in [-0.25, -0.2) is 9.78 Å². The normalized spacial score (nSPS) is 9.67. The predicted octanol–water partition coefficient (Wildman–Crippen LogP) is 3.06. The molecule has 1 aromatic carbocycles. The molecule has 5 nitrogen and oxygen atoms in total. The second-order valence-corrected chi connectivity index (χ2v) is 5.52. The summed E-state index contributed by atoms with van der Waals surface area (Å²) in [6.45, 7) is 2.18. The lowest BCUT2D eigenvalue weighted by Gasteiger charge is -2.06. The Bertz CT molecular complexity index is 717. The Labute approximate surface area is 131 Å². The Balaban J connectivity index is 1.98. The number of benzene rings is 1. The number of halogens is 1. The number of aromatic nitrogens is 1. The highest BCUT2D eigenvalue weighted by Gasteiger charge is 2.07. The highest BCUT2D eigenvalue weighted by Crippen LogP contribution is 2.21. The van der Waals surface area contributed by atoms with Crippen LogP contribution in [0.1, 0.15) is 10.4 Å². The third kappa shape index (κ3) is 4.46. The molecule has 0 fully saturated rings. The van der Waals surface area contributed by atoms with Crippen LogP contribution in [-0.2, 0) is 0 Å². The lowest BCUT2D eigenvalue weighted by atomic mass is 10.2. The molecule has 4 N–H and O–H groups in total. The number of aryl methyl sites for hydroxylation is 1. The third-order valence-electron chi connectivity index (χ3n) is 2.47. The van der Waals surface area contributed by atoms with E-state index in [2.05, 4.69) is 27.5 Å². The molecule has 1 heterocycles. The summed E-state index contributed by atoms with van der Waals surface area (Å²) in [5, 5.41) is 6.39. The lowest BCUT2D eigenvalue weighted by Crippen LogP contribution is -2.19. The number of nitrogens with two attached hydrogens (primary N) is 1. The third-order valence-corrected chi connectivity index (χ3v) is 3.70. The fourth-order valence-electron chi connectivity index (χ4n) is 1.46. The summed E-state index contributed by atoms with van der Waals surface area (Å²) in [5.74, 6) is 5.58. The van der Waals surface area contributed by atoms with Gasteiger partial charge in [-0.2, -0.15) is 0 Å². The number of nitrogens with one attached hydrogen (secondary N) is 2. The molecule has 0 aliphatic rings. The Morgan fingerprint density at radius 2 is 2.29 bits per heavy atom. The van der Waals surface area contributed by atoms with Crippen molar-refractivity contribution in [1.82, 2.24) is 4.98 Å². The van der Waals surface area contributed by atoms with E-state index in [-0.39, 0.29) is 12.6 Å². The predicted molar refractivity (Wildman–Crippen MR) is 86.9 cm³/mol. The van der Waals surface area contributed by atoms with Crippen LogP contribution in [-0.4, -0.2) is 17.6 Å². The van der Waals surface area contributed by atoms with Crippen molar-refractivity contribution in [2.24, 2.45) is 5.73 Å². The van der Waals surface area contributed by atoms with Gasteiger partial charge in [0.15, 0.2) is 5.13 Å². The van der Waals surface area contributed by atoms with Gasteiger partial charge in [-0.15, -0.1) is 0 Å². The van der Waals surface area contributed by atoms with E-state index in [1.54, 1.807) is 18.3 Å². The second-order valence-electron chi connectivity index (χ2n) is 4.08. The Kier molecular flexibility index (Phi) is 5.17. The fourth-order valence-corrected chi connectivity index (χ4v) is 2.32. The van der Waals surface area contributed by atoms with Gasteiger partial charge in [0.2, 0.25) is 0 Å². The Morgan fingerprint density at radius 1 is 1.48 bits per heavy atom. The van der Waals surface area contributed by atoms with Crippen LogP contribution in [0.4, 0.5) is 15.6 Å². The largest absolute Gasteiger partial charge is 0.325 e. The first-order valence-corrected chi connectivity index (χ1v) is 7.27.